The molecule has 17 heavy (non-hydrogen) atoms. The lowest BCUT2D eigenvalue weighted by atomic mass is 10.1. The fraction of sp³-hybridized carbons (Fsp3) is 0.667. The Morgan fingerprint density at radius 3 is 2.53 bits per heavy atom. The van der Waals surface area contributed by atoms with Gasteiger partial charge in [-0.3, -0.25) is 0 Å². The van der Waals surface area contributed by atoms with Gasteiger partial charge in [0.1, 0.15) is 15.5 Å². The van der Waals surface area contributed by atoms with E-state index in [-0.39, 0.29) is 0 Å². The summed E-state index contributed by atoms with van der Waals surface area (Å²) in [6.07, 6.45) is 0.678. The van der Waals surface area contributed by atoms with E-state index < -0.39 is 11.6 Å². The molecule has 1 heterocycles. The topological polar surface area (TPSA) is 59.4 Å². The molecule has 0 atom stereocenters. The molecule has 0 saturated carbocycles. The summed E-state index contributed by atoms with van der Waals surface area (Å²) < 4.78 is 5.33. The average molecular weight is 257 g/mol. The van der Waals surface area contributed by atoms with E-state index >= 15 is 0 Å². The van der Waals surface area contributed by atoms with Crippen molar-refractivity contribution in [3.63, 3.8) is 0 Å². The van der Waals surface area contributed by atoms with Gasteiger partial charge < -0.3 is 9.84 Å². The van der Waals surface area contributed by atoms with Gasteiger partial charge in [-0.2, -0.15) is 0 Å². The summed E-state index contributed by atoms with van der Waals surface area (Å²) in [5.41, 5.74) is 0.127. The minimum Gasteiger partial charge on any atom is -0.477 e. The maximum Gasteiger partial charge on any atom is 0.347 e. The average Bonchev–Trinajstić information content (AvgIpc) is 2.61. The second-order valence-electron chi connectivity index (χ2n) is 4.91. The van der Waals surface area contributed by atoms with E-state index in [0.717, 1.165) is 0 Å². The summed E-state index contributed by atoms with van der Waals surface area (Å²) in [6.45, 7) is 7.87. The summed E-state index contributed by atoms with van der Waals surface area (Å²) in [6, 6.07) is 0. The highest BCUT2D eigenvalue weighted by molar-refractivity contribution is 7.13. The number of carboxylic acids is 1. The van der Waals surface area contributed by atoms with Gasteiger partial charge in [0.05, 0.1) is 5.69 Å². The molecule has 1 aromatic rings. The Kier molecular flexibility index (Phi) is 4.27. The second kappa shape index (κ2) is 5.14. The molecule has 96 valence electrons. The number of methoxy groups -OCH3 is 1. The lowest BCUT2D eigenvalue weighted by Gasteiger charge is -2.19. The largest absolute Gasteiger partial charge is 0.477 e. The predicted molar refractivity (Wildman–Crippen MR) is 67.7 cm³/mol. The van der Waals surface area contributed by atoms with E-state index in [2.05, 4.69) is 4.98 Å². The smallest absolute Gasteiger partial charge is 0.347 e. The van der Waals surface area contributed by atoms with E-state index in [1.165, 1.54) is 11.3 Å². The highest BCUT2D eigenvalue weighted by atomic mass is 32.1. The van der Waals surface area contributed by atoms with Gasteiger partial charge in [-0.05, 0) is 26.2 Å². The zero-order valence-electron chi connectivity index (χ0n) is 10.9. The maximum absolute atomic E-state index is 11.2. The van der Waals surface area contributed by atoms with Crippen molar-refractivity contribution in [2.75, 3.05) is 7.11 Å². The lowest BCUT2D eigenvalue weighted by Crippen LogP contribution is -2.19. The molecule has 0 aliphatic heterocycles. The van der Waals surface area contributed by atoms with E-state index in [9.17, 15) is 4.79 Å². The van der Waals surface area contributed by atoms with Crippen LogP contribution in [0.3, 0.4) is 0 Å². The third kappa shape index (κ3) is 3.26. The van der Waals surface area contributed by atoms with Gasteiger partial charge in [-0.15, -0.1) is 11.3 Å². The lowest BCUT2D eigenvalue weighted by molar-refractivity contribution is 0.0189. The Morgan fingerprint density at radius 2 is 2.12 bits per heavy atom. The van der Waals surface area contributed by atoms with Crippen molar-refractivity contribution in [1.82, 2.24) is 4.98 Å². The van der Waals surface area contributed by atoms with Crippen LogP contribution in [0.2, 0.25) is 0 Å². The highest BCUT2D eigenvalue weighted by Gasteiger charge is 2.28. The van der Waals surface area contributed by atoms with Gasteiger partial charge >= 0.3 is 5.97 Å². The Labute approximate surface area is 106 Å². The van der Waals surface area contributed by atoms with Crippen LogP contribution in [0, 0.1) is 5.92 Å². The molecule has 1 rings (SSSR count). The molecule has 0 radical (unpaired) electrons. The van der Waals surface area contributed by atoms with Gasteiger partial charge in [-0.25, -0.2) is 9.78 Å². The normalized spacial score (nSPS) is 12.1. The third-order valence-corrected chi connectivity index (χ3v) is 3.91. The molecule has 1 N–H and O–H groups in total. The highest BCUT2D eigenvalue weighted by Crippen LogP contribution is 2.31. The van der Waals surface area contributed by atoms with Crippen LogP contribution < -0.4 is 0 Å². The van der Waals surface area contributed by atoms with E-state index in [1.807, 2.05) is 27.7 Å². The molecule has 0 fully saturated rings. The minimum atomic E-state index is -0.906. The van der Waals surface area contributed by atoms with Gasteiger partial charge in [0.25, 0.3) is 0 Å². The quantitative estimate of drug-likeness (QED) is 0.881. The van der Waals surface area contributed by atoms with Crippen molar-refractivity contribution in [2.45, 2.75) is 39.7 Å². The zero-order chi connectivity index (χ0) is 13.2. The molecule has 0 saturated heterocycles. The number of aromatic carboxylic acids is 1. The van der Waals surface area contributed by atoms with Crippen molar-refractivity contribution < 1.29 is 14.6 Å². The third-order valence-electron chi connectivity index (χ3n) is 2.52. The SMILES string of the molecule is COC(C)(C)c1nc(CC(C)C)c(C(=O)O)s1. The molecule has 1 aromatic heterocycles. The number of rotatable bonds is 5. The van der Waals surface area contributed by atoms with E-state index in [0.29, 0.717) is 27.9 Å². The molecule has 0 amide bonds. The monoisotopic (exact) mass is 257 g/mol. The number of thiazole rings is 1. The Hall–Kier alpha value is -0.940. The molecule has 0 spiro atoms. The van der Waals surface area contributed by atoms with Crippen molar-refractivity contribution in [3.05, 3.63) is 15.6 Å². The zero-order valence-corrected chi connectivity index (χ0v) is 11.7. The van der Waals surface area contributed by atoms with Crippen LogP contribution >= 0.6 is 11.3 Å². The minimum absolute atomic E-state index is 0.332. The molecule has 4 nitrogen and oxygen atoms in total. The summed E-state index contributed by atoms with van der Waals surface area (Å²) in [5.74, 6) is -0.523. The number of carbonyl (C=O) groups is 1. The second-order valence-corrected chi connectivity index (χ2v) is 5.91. The molecule has 5 heteroatoms. The summed E-state index contributed by atoms with van der Waals surface area (Å²) in [7, 11) is 1.60. The van der Waals surface area contributed by atoms with Gasteiger partial charge in [-0.1, -0.05) is 13.8 Å². The number of hydrogen-bond donors (Lipinski definition) is 1. The van der Waals surface area contributed by atoms with Crippen LogP contribution in [0.25, 0.3) is 0 Å². The first-order chi connectivity index (χ1) is 7.77. The Morgan fingerprint density at radius 1 is 1.53 bits per heavy atom. The van der Waals surface area contributed by atoms with Crippen LogP contribution in [0.1, 0.15) is 48.1 Å². The molecular formula is C12H19NO3S. The summed E-state index contributed by atoms with van der Waals surface area (Å²) in [4.78, 5) is 15.9. The molecule has 0 aromatic carbocycles. The van der Waals surface area contributed by atoms with Crippen molar-refractivity contribution in [1.29, 1.82) is 0 Å². The maximum atomic E-state index is 11.2. The summed E-state index contributed by atoms with van der Waals surface area (Å²) in [5, 5.41) is 9.88. The van der Waals surface area contributed by atoms with E-state index in [4.69, 9.17) is 9.84 Å². The first-order valence-corrected chi connectivity index (χ1v) is 6.38. The van der Waals surface area contributed by atoms with Gasteiger partial charge in [0.15, 0.2) is 0 Å². The number of aromatic nitrogens is 1. The Balaban J connectivity index is 3.17. The van der Waals surface area contributed by atoms with Crippen LogP contribution in [0.15, 0.2) is 0 Å². The van der Waals surface area contributed by atoms with Crippen LogP contribution in [0.5, 0.6) is 0 Å². The summed E-state index contributed by atoms with van der Waals surface area (Å²) >= 11 is 1.21. The molecule has 0 unspecified atom stereocenters. The number of ether oxygens (including phenoxy) is 1. The van der Waals surface area contributed by atoms with Crippen LogP contribution in [0.4, 0.5) is 0 Å². The number of nitrogens with zero attached hydrogens (tertiary/aromatic N) is 1. The van der Waals surface area contributed by atoms with E-state index in [1.54, 1.807) is 7.11 Å². The standard InChI is InChI=1S/C12H19NO3S/c1-7(2)6-8-9(10(14)15)17-11(13-8)12(3,4)16-5/h7H,6H2,1-5H3,(H,14,15). The first-order valence-electron chi connectivity index (χ1n) is 5.56. The number of hydrogen-bond acceptors (Lipinski definition) is 4. The first kappa shape index (κ1) is 14.1. The fourth-order valence-corrected chi connectivity index (χ4v) is 2.40. The van der Waals surface area contributed by atoms with Gasteiger partial charge in [0, 0.05) is 7.11 Å². The molecule has 0 aliphatic carbocycles. The van der Waals surface area contributed by atoms with Crippen molar-refractivity contribution in [3.8, 4) is 0 Å². The van der Waals surface area contributed by atoms with Gasteiger partial charge in [0.2, 0.25) is 0 Å². The fourth-order valence-electron chi connectivity index (χ4n) is 1.39. The van der Waals surface area contributed by atoms with Crippen molar-refractivity contribution in [2.24, 2.45) is 5.92 Å². The Bertz CT molecular complexity index is 410. The molecular weight excluding hydrogens is 238 g/mol. The van der Waals surface area contributed by atoms with Crippen LogP contribution in [-0.4, -0.2) is 23.2 Å². The molecule has 0 aliphatic rings. The number of carboxylic acid groups (broad SMARTS) is 1. The molecule has 0 bridgehead atoms. The predicted octanol–water partition coefficient (Wildman–Crippen LogP) is 2.92. The van der Waals surface area contributed by atoms with Crippen LogP contribution in [-0.2, 0) is 16.8 Å². The van der Waals surface area contributed by atoms with Crippen molar-refractivity contribution >= 4 is 17.3 Å².